The van der Waals surface area contributed by atoms with E-state index in [0.29, 0.717) is 12.3 Å². The van der Waals surface area contributed by atoms with Crippen molar-refractivity contribution in [3.8, 4) is 11.5 Å². The third-order valence-electron chi connectivity index (χ3n) is 3.30. The molecule has 2 rings (SSSR count). The van der Waals surface area contributed by atoms with Gasteiger partial charge in [-0.15, -0.1) is 0 Å². The zero-order valence-corrected chi connectivity index (χ0v) is 12.0. The van der Waals surface area contributed by atoms with Gasteiger partial charge in [0, 0.05) is 19.3 Å². The van der Waals surface area contributed by atoms with Crippen LogP contribution in [0.25, 0.3) is 0 Å². The summed E-state index contributed by atoms with van der Waals surface area (Å²) in [6, 6.07) is 11.9. The largest absolute Gasteiger partial charge is 0.507 e. The Hall–Kier alpha value is -2.53. The van der Waals surface area contributed by atoms with Crippen molar-refractivity contribution >= 4 is 11.6 Å². The number of nitrogens with zero attached hydrogens (tertiary/aromatic N) is 1. The van der Waals surface area contributed by atoms with Crippen LogP contribution in [0.1, 0.15) is 15.9 Å². The molecule has 3 N–H and O–H groups in total. The number of aromatic hydroxyl groups is 1. The highest BCUT2D eigenvalue weighted by Gasteiger charge is 2.18. The summed E-state index contributed by atoms with van der Waals surface area (Å²) in [5.74, 6) is 0.126. The van der Waals surface area contributed by atoms with E-state index < -0.39 is 0 Å². The molecular weight excluding hydrogens is 268 g/mol. The lowest BCUT2D eigenvalue weighted by Crippen LogP contribution is -2.26. The first-order valence-corrected chi connectivity index (χ1v) is 6.51. The lowest BCUT2D eigenvalue weighted by molar-refractivity contribution is 0.0990. The molecular formula is C16H18N2O3. The maximum absolute atomic E-state index is 12.5. The van der Waals surface area contributed by atoms with Crippen molar-refractivity contribution in [3.63, 3.8) is 0 Å². The molecule has 0 atom stereocenters. The van der Waals surface area contributed by atoms with Crippen LogP contribution in [-0.2, 0) is 6.54 Å². The number of ether oxygens (including phenoxy) is 1. The van der Waals surface area contributed by atoms with E-state index in [4.69, 9.17) is 10.5 Å². The van der Waals surface area contributed by atoms with E-state index in [1.807, 2.05) is 24.3 Å². The number of phenolic OH excluding ortho intramolecular Hbond substituents is 1. The van der Waals surface area contributed by atoms with Gasteiger partial charge in [0.05, 0.1) is 12.7 Å². The third-order valence-corrected chi connectivity index (χ3v) is 3.30. The Balaban J connectivity index is 2.29. The van der Waals surface area contributed by atoms with Gasteiger partial charge in [-0.3, -0.25) is 4.79 Å². The molecule has 21 heavy (non-hydrogen) atoms. The summed E-state index contributed by atoms with van der Waals surface area (Å²) in [6.45, 7) is 0.453. The van der Waals surface area contributed by atoms with Gasteiger partial charge in [0.25, 0.3) is 5.91 Å². The minimum absolute atomic E-state index is 0.0776. The summed E-state index contributed by atoms with van der Waals surface area (Å²) in [5, 5.41) is 9.86. The molecule has 0 fully saturated rings. The van der Waals surface area contributed by atoms with E-state index in [1.54, 1.807) is 13.1 Å². The smallest absolute Gasteiger partial charge is 0.261 e. The Kier molecular flexibility index (Phi) is 4.45. The number of anilines is 1. The molecule has 0 heterocycles. The number of rotatable bonds is 4. The van der Waals surface area contributed by atoms with Gasteiger partial charge in [-0.05, 0) is 35.9 Å². The van der Waals surface area contributed by atoms with Crippen LogP contribution in [0.4, 0.5) is 5.69 Å². The van der Waals surface area contributed by atoms with Crippen LogP contribution in [0, 0.1) is 0 Å². The summed E-state index contributed by atoms with van der Waals surface area (Å²) < 4.78 is 5.08. The van der Waals surface area contributed by atoms with Gasteiger partial charge >= 0.3 is 0 Å². The number of nitrogens with two attached hydrogens (primary N) is 1. The maximum Gasteiger partial charge on any atom is 0.261 e. The van der Waals surface area contributed by atoms with E-state index in [0.717, 1.165) is 11.3 Å². The summed E-state index contributed by atoms with van der Waals surface area (Å²) >= 11 is 0. The first-order chi connectivity index (χ1) is 10.1. The maximum atomic E-state index is 12.5. The Labute approximate surface area is 123 Å². The van der Waals surface area contributed by atoms with Gasteiger partial charge in [0.2, 0.25) is 0 Å². The van der Waals surface area contributed by atoms with Crippen LogP contribution in [-0.4, -0.2) is 25.2 Å². The molecule has 0 saturated carbocycles. The van der Waals surface area contributed by atoms with E-state index >= 15 is 0 Å². The SMILES string of the molecule is COc1ccc(O)c(C(=O)N(C)c2ccc(CN)cc2)c1. The second kappa shape index (κ2) is 6.28. The van der Waals surface area contributed by atoms with Crippen LogP contribution in [0.5, 0.6) is 11.5 Å². The number of benzene rings is 2. The molecule has 0 aliphatic carbocycles. The number of carbonyl (C=O) groups is 1. The molecule has 0 radical (unpaired) electrons. The lowest BCUT2D eigenvalue weighted by Gasteiger charge is -2.18. The third kappa shape index (κ3) is 3.14. The van der Waals surface area contributed by atoms with Gasteiger partial charge in [0.15, 0.2) is 0 Å². The van der Waals surface area contributed by atoms with Gasteiger partial charge in [-0.25, -0.2) is 0 Å². The molecule has 0 bridgehead atoms. The summed E-state index contributed by atoms with van der Waals surface area (Å²) in [7, 11) is 3.16. The van der Waals surface area contributed by atoms with Crippen molar-refractivity contribution in [2.24, 2.45) is 5.73 Å². The monoisotopic (exact) mass is 286 g/mol. The van der Waals surface area contributed by atoms with Gasteiger partial charge in [0.1, 0.15) is 11.5 Å². The molecule has 0 saturated heterocycles. The molecule has 0 spiro atoms. The Bertz CT molecular complexity index is 638. The van der Waals surface area contributed by atoms with Crippen LogP contribution < -0.4 is 15.4 Å². The zero-order valence-electron chi connectivity index (χ0n) is 12.0. The van der Waals surface area contributed by atoms with E-state index in [1.165, 1.54) is 24.1 Å². The zero-order chi connectivity index (χ0) is 15.4. The number of carbonyl (C=O) groups excluding carboxylic acids is 1. The predicted octanol–water partition coefficient (Wildman–Crippen LogP) is 2.14. The average molecular weight is 286 g/mol. The molecule has 110 valence electrons. The first kappa shape index (κ1) is 14.9. The van der Waals surface area contributed by atoms with Crippen molar-refractivity contribution in [1.82, 2.24) is 0 Å². The van der Waals surface area contributed by atoms with Gasteiger partial charge in [-0.2, -0.15) is 0 Å². The summed E-state index contributed by atoms with van der Waals surface area (Å²) in [6.07, 6.45) is 0. The van der Waals surface area contributed by atoms with Crippen molar-refractivity contribution in [2.45, 2.75) is 6.54 Å². The molecule has 5 heteroatoms. The summed E-state index contributed by atoms with van der Waals surface area (Å²) in [4.78, 5) is 13.9. The van der Waals surface area contributed by atoms with Crippen LogP contribution >= 0.6 is 0 Å². The quantitative estimate of drug-likeness (QED) is 0.903. The van der Waals surface area contributed by atoms with Crippen molar-refractivity contribution in [1.29, 1.82) is 0 Å². The predicted molar refractivity (Wildman–Crippen MR) is 81.7 cm³/mol. The minimum atomic E-state index is -0.313. The molecule has 2 aromatic carbocycles. The number of amides is 1. The first-order valence-electron chi connectivity index (χ1n) is 6.51. The van der Waals surface area contributed by atoms with E-state index in [-0.39, 0.29) is 17.2 Å². The Morgan fingerprint density at radius 3 is 2.48 bits per heavy atom. The highest BCUT2D eigenvalue weighted by atomic mass is 16.5. The van der Waals surface area contributed by atoms with Crippen molar-refractivity contribution in [3.05, 3.63) is 53.6 Å². The standard InChI is InChI=1S/C16H18N2O3/c1-18(12-5-3-11(10-17)4-6-12)16(20)14-9-13(21-2)7-8-15(14)19/h3-9,19H,10,17H2,1-2H3. The van der Waals surface area contributed by atoms with Crippen molar-refractivity contribution in [2.75, 3.05) is 19.1 Å². The highest BCUT2D eigenvalue weighted by Crippen LogP contribution is 2.26. The Morgan fingerprint density at radius 1 is 1.24 bits per heavy atom. The second-order valence-corrected chi connectivity index (χ2v) is 4.62. The topological polar surface area (TPSA) is 75.8 Å². The van der Waals surface area contributed by atoms with Crippen LogP contribution in [0.3, 0.4) is 0 Å². The molecule has 1 amide bonds. The van der Waals surface area contributed by atoms with Crippen LogP contribution in [0.2, 0.25) is 0 Å². The number of hydrogen-bond acceptors (Lipinski definition) is 4. The second-order valence-electron chi connectivity index (χ2n) is 4.62. The fourth-order valence-electron chi connectivity index (χ4n) is 1.97. The van der Waals surface area contributed by atoms with Crippen LogP contribution in [0.15, 0.2) is 42.5 Å². The lowest BCUT2D eigenvalue weighted by atomic mass is 10.1. The molecule has 0 aliphatic heterocycles. The molecule has 2 aromatic rings. The molecule has 0 aromatic heterocycles. The highest BCUT2D eigenvalue weighted by molar-refractivity contribution is 6.07. The minimum Gasteiger partial charge on any atom is -0.507 e. The fourth-order valence-corrected chi connectivity index (χ4v) is 1.97. The number of phenols is 1. The molecule has 0 aliphatic rings. The van der Waals surface area contributed by atoms with E-state index in [9.17, 15) is 9.90 Å². The van der Waals surface area contributed by atoms with Gasteiger partial charge in [-0.1, -0.05) is 12.1 Å². The number of methoxy groups -OCH3 is 1. The summed E-state index contributed by atoms with van der Waals surface area (Å²) in [5.41, 5.74) is 7.46. The molecule has 5 nitrogen and oxygen atoms in total. The van der Waals surface area contributed by atoms with E-state index in [2.05, 4.69) is 0 Å². The van der Waals surface area contributed by atoms with Gasteiger partial charge < -0.3 is 20.5 Å². The molecule has 0 unspecified atom stereocenters. The normalized spacial score (nSPS) is 10.2. The average Bonchev–Trinajstić information content (AvgIpc) is 2.54. The number of hydrogen-bond donors (Lipinski definition) is 2. The fraction of sp³-hybridized carbons (Fsp3) is 0.188. The Morgan fingerprint density at radius 2 is 1.90 bits per heavy atom. The van der Waals surface area contributed by atoms with Crippen molar-refractivity contribution < 1.29 is 14.6 Å².